The SMILES string of the molecule is C/C=C(\C=C(\N)C=N)c1cc(-c2cc(Cl)ccc2F)nc2c1OCCN2. The third kappa shape index (κ3) is 3.55. The fourth-order valence-electron chi connectivity index (χ4n) is 2.71. The van der Waals surface area contributed by atoms with Gasteiger partial charge in [0.2, 0.25) is 0 Å². The van der Waals surface area contributed by atoms with Crippen LogP contribution in [0.5, 0.6) is 5.75 Å². The summed E-state index contributed by atoms with van der Waals surface area (Å²) in [7, 11) is 0. The zero-order chi connectivity index (χ0) is 18.7. The van der Waals surface area contributed by atoms with Crippen LogP contribution >= 0.6 is 11.6 Å². The molecule has 134 valence electrons. The molecule has 0 fully saturated rings. The molecule has 5 nitrogen and oxygen atoms in total. The number of halogens is 2. The van der Waals surface area contributed by atoms with E-state index in [1.807, 2.05) is 13.0 Å². The van der Waals surface area contributed by atoms with Crippen LogP contribution in [-0.4, -0.2) is 24.4 Å². The number of nitrogens with one attached hydrogen (secondary N) is 2. The molecule has 0 radical (unpaired) electrons. The second-order valence-corrected chi connectivity index (χ2v) is 6.10. The Morgan fingerprint density at radius 3 is 2.96 bits per heavy atom. The van der Waals surface area contributed by atoms with Crippen LogP contribution in [0.25, 0.3) is 16.8 Å². The maximum atomic E-state index is 14.3. The van der Waals surface area contributed by atoms with E-state index in [1.54, 1.807) is 12.1 Å². The summed E-state index contributed by atoms with van der Waals surface area (Å²) >= 11 is 6.03. The zero-order valence-corrected chi connectivity index (χ0v) is 14.9. The van der Waals surface area contributed by atoms with Crippen LogP contribution in [0.15, 0.2) is 42.1 Å². The van der Waals surface area contributed by atoms with Crippen molar-refractivity contribution in [3.05, 3.63) is 58.5 Å². The van der Waals surface area contributed by atoms with Crippen LogP contribution < -0.4 is 15.8 Å². The fourth-order valence-corrected chi connectivity index (χ4v) is 2.88. The van der Waals surface area contributed by atoms with E-state index >= 15 is 0 Å². The lowest BCUT2D eigenvalue weighted by atomic mass is 10.00. The van der Waals surface area contributed by atoms with E-state index in [-0.39, 0.29) is 0 Å². The highest BCUT2D eigenvalue weighted by molar-refractivity contribution is 6.30. The van der Waals surface area contributed by atoms with Crippen molar-refractivity contribution < 1.29 is 9.13 Å². The molecule has 0 atom stereocenters. The van der Waals surface area contributed by atoms with Gasteiger partial charge in [-0.3, -0.25) is 0 Å². The van der Waals surface area contributed by atoms with Crippen molar-refractivity contribution in [2.24, 2.45) is 5.73 Å². The number of nitrogens with zero attached hydrogens (tertiary/aromatic N) is 1. The first-order chi connectivity index (χ1) is 12.5. The number of hydrogen-bond acceptors (Lipinski definition) is 5. The number of rotatable bonds is 4. The molecule has 1 aliphatic rings. The average Bonchev–Trinajstić information content (AvgIpc) is 2.67. The van der Waals surface area contributed by atoms with E-state index in [0.29, 0.717) is 52.3 Å². The van der Waals surface area contributed by atoms with E-state index < -0.39 is 5.82 Å². The first-order valence-electron chi connectivity index (χ1n) is 8.05. The van der Waals surface area contributed by atoms with Crippen molar-refractivity contribution in [1.82, 2.24) is 4.98 Å². The molecule has 1 aliphatic heterocycles. The van der Waals surface area contributed by atoms with Crippen LogP contribution in [0.2, 0.25) is 5.02 Å². The van der Waals surface area contributed by atoms with Gasteiger partial charge < -0.3 is 21.2 Å². The Morgan fingerprint density at radius 2 is 2.23 bits per heavy atom. The van der Waals surface area contributed by atoms with Crippen LogP contribution in [0.1, 0.15) is 12.5 Å². The highest BCUT2D eigenvalue weighted by atomic mass is 35.5. The number of allylic oxidation sites excluding steroid dienone is 4. The van der Waals surface area contributed by atoms with Gasteiger partial charge in [-0.05, 0) is 42.8 Å². The zero-order valence-electron chi connectivity index (χ0n) is 14.1. The van der Waals surface area contributed by atoms with Gasteiger partial charge in [-0.15, -0.1) is 0 Å². The first kappa shape index (κ1) is 17.9. The lowest BCUT2D eigenvalue weighted by Crippen LogP contribution is -2.20. The van der Waals surface area contributed by atoms with Gasteiger partial charge >= 0.3 is 0 Å². The molecule has 26 heavy (non-hydrogen) atoms. The Morgan fingerprint density at radius 1 is 1.42 bits per heavy atom. The molecule has 0 aliphatic carbocycles. The van der Waals surface area contributed by atoms with Crippen molar-refractivity contribution >= 4 is 29.2 Å². The van der Waals surface area contributed by atoms with Crippen molar-refractivity contribution in [2.75, 3.05) is 18.5 Å². The topological polar surface area (TPSA) is 84.0 Å². The van der Waals surface area contributed by atoms with Gasteiger partial charge in [0.05, 0.1) is 12.2 Å². The number of nitrogens with two attached hydrogens (primary N) is 1. The summed E-state index contributed by atoms with van der Waals surface area (Å²) in [6.07, 6.45) is 4.58. The number of anilines is 1. The van der Waals surface area contributed by atoms with E-state index in [0.717, 1.165) is 11.8 Å². The summed E-state index contributed by atoms with van der Waals surface area (Å²) in [4.78, 5) is 4.50. The fraction of sp³-hybridized carbons (Fsp3) is 0.158. The van der Waals surface area contributed by atoms with E-state index in [1.165, 1.54) is 18.2 Å². The summed E-state index contributed by atoms with van der Waals surface area (Å²) in [5.41, 5.74) is 8.27. The predicted molar refractivity (Wildman–Crippen MR) is 103 cm³/mol. The smallest absolute Gasteiger partial charge is 0.170 e. The van der Waals surface area contributed by atoms with Gasteiger partial charge in [0, 0.05) is 28.1 Å². The van der Waals surface area contributed by atoms with Crippen molar-refractivity contribution in [3.8, 4) is 17.0 Å². The van der Waals surface area contributed by atoms with Gasteiger partial charge in [-0.25, -0.2) is 9.37 Å². The normalized spacial score (nSPS) is 14.3. The molecule has 1 aromatic carbocycles. The van der Waals surface area contributed by atoms with Gasteiger partial charge in [0.1, 0.15) is 12.4 Å². The predicted octanol–water partition coefficient (Wildman–Crippen LogP) is 4.24. The molecule has 7 heteroatoms. The third-order valence-corrected chi connectivity index (χ3v) is 4.16. The van der Waals surface area contributed by atoms with Crippen LogP contribution in [-0.2, 0) is 0 Å². The van der Waals surface area contributed by atoms with Crippen molar-refractivity contribution in [1.29, 1.82) is 5.41 Å². The molecule has 0 bridgehead atoms. The summed E-state index contributed by atoms with van der Waals surface area (Å²) < 4.78 is 20.1. The average molecular weight is 373 g/mol. The number of fused-ring (bicyclic) bond motifs is 1. The highest BCUT2D eigenvalue weighted by Gasteiger charge is 2.21. The second kappa shape index (κ2) is 7.58. The molecule has 2 aromatic rings. The van der Waals surface area contributed by atoms with Gasteiger partial charge in [-0.2, -0.15) is 0 Å². The highest BCUT2D eigenvalue weighted by Crippen LogP contribution is 2.38. The molecule has 0 saturated carbocycles. The summed E-state index contributed by atoms with van der Waals surface area (Å²) in [6, 6.07) is 6.08. The minimum atomic E-state index is -0.416. The molecule has 2 heterocycles. The molecular formula is C19H18ClFN4O. The molecule has 0 spiro atoms. The van der Waals surface area contributed by atoms with Crippen molar-refractivity contribution in [3.63, 3.8) is 0 Å². The largest absolute Gasteiger partial charge is 0.487 e. The lowest BCUT2D eigenvalue weighted by molar-refractivity contribution is 0.320. The molecule has 0 amide bonds. The number of pyridine rings is 1. The molecule has 1 aromatic heterocycles. The minimum absolute atomic E-state index is 0.294. The second-order valence-electron chi connectivity index (χ2n) is 5.66. The van der Waals surface area contributed by atoms with E-state index in [9.17, 15) is 4.39 Å². The van der Waals surface area contributed by atoms with Crippen molar-refractivity contribution in [2.45, 2.75) is 6.92 Å². The van der Waals surface area contributed by atoms with Crippen LogP contribution in [0, 0.1) is 11.2 Å². The Hall–Kier alpha value is -2.86. The summed E-state index contributed by atoms with van der Waals surface area (Å²) in [5, 5.41) is 10.9. The Labute approximate surface area is 155 Å². The third-order valence-electron chi connectivity index (χ3n) is 3.93. The Bertz CT molecular complexity index is 924. The molecular weight excluding hydrogens is 355 g/mol. The van der Waals surface area contributed by atoms with E-state index in [4.69, 9.17) is 27.5 Å². The minimum Gasteiger partial charge on any atom is -0.487 e. The maximum Gasteiger partial charge on any atom is 0.170 e. The van der Waals surface area contributed by atoms with Gasteiger partial charge in [-0.1, -0.05) is 17.7 Å². The Balaban J connectivity index is 2.23. The summed E-state index contributed by atoms with van der Waals surface area (Å²) in [5.74, 6) is 0.690. The Kier molecular flexibility index (Phi) is 5.23. The summed E-state index contributed by atoms with van der Waals surface area (Å²) in [6.45, 7) is 2.95. The number of benzene rings is 1. The quantitative estimate of drug-likeness (QED) is 0.553. The van der Waals surface area contributed by atoms with Crippen LogP contribution in [0.4, 0.5) is 10.2 Å². The van der Waals surface area contributed by atoms with Crippen LogP contribution in [0.3, 0.4) is 0 Å². The van der Waals surface area contributed by atoms with Gasteiger partial charge in [0.15, 0.2) is 11.6 Å². The number of aromatic nitrogens is 1. The molecule has 3 rings (SSSR count). The van der Waals surface area contributed by atoms with Gasteiger partial charge in [0.25, 0.3) is 0 Å². The monoisotopic (exact) mass is 372 g/mol. The molecule has 0 unspecified atom stereocenters. The lowest BCUT2D eigenvalue weighted by Gasteiger charge is -2.23. The molecule has 4 N–H and O–H groups in total. The standard InChI is InChI=1S/C19H18ClFN4O/c1-2-11(7-13(23)10-22)14-9-17(15-8-12(20)3-4-16(15)21)25-19-18(14)26-6-5-24-19/h2-4,7-10,22H,5-6,23H2,1H3,(H,24,25)/b11-2+,13-7+,22-10?. The maximum absolute atomic E-state index is 14.3. The molecule has 0 saturated heterocycles. The first-order valence-corrected chi connectivity index (χ1v) is 8.42. The number of hydrogen-bond donors (Lipinski definition) is 3. The number of ether oxygens (including phenoxy) is 1. The van der Waals surface area contributed by atoms with E-state index in [2.05, 4.69) is 10.3 Å².